The monoisotopic (exact) mass is 426 g/mol. The molecular formula is C22H22N2O5S. The van der Waals surface area contributed by atoms with Crippen LogP contribution in [0.5, 0.6) is 0 Å². The van der Waals surface area contributed by atoms with Gasteiger partial charge in [0.15, 0.2) is 6.61 Å². The van der Waals surface area contributed by atoms with Gasteiger partial charge >= 0.3 is 5.97 Å². The minimum absolute atomic E-state index is 0.252. The lowest BCUT2D eigenvalue weighted by Gasteiger charge is -2.28. The van der Waals surface area contributed by atoms with Gasteiger partial charge in [-0.1, -0.05) is 30.3 Å². The highest BCUT2D eigenvalue weighted by Crippen LogP contribution is 2.39. The molecule has 1 amide bonds. The molecule has 1 saturated heterocycles. The molecule has 1 aliphatic heterocycles. The number of nitrogens with one attached hydrogen (secondary N) is 1. The van der Waals surface area contributed by atoms with Gasteiger partial charge in [0.1, 0.15) is 10.6 Å². The van der Waals surface area contributed by atoms with E-state index in [0.29, 0.717) is 23.9 Å². The Balaban J connectivity index is 1.44. The highest BCUT2D eigenvalue weighted by molar-refractivity contribution is 7.18. The number of anilines is 1. The zero-order valence-electron chi connectivity index (χ0n) is 16.3. The van der Waals surface area contributed by atoms with Gasteiger partial charge in [-0.2, -0.15) is 0 Å². The molecule has 0 saturated carbocycles. The van der Waals surface area contributed by atoms with Crippen LogP contribution in [0.15, 0.2) is 59.2 Å². The number of hydrogen-bond acceptors (Lipinski definition) is 7. The molecule has 3 heterocycles. The Morgan fingerprint density at radius 1 is 1.10 bits per heavy atom. The van der Waals surface area contributed by atoms with Gasteiger partial charge in [0.25, 0.3) is 5.91 Å². The highest BCUT2D eigenvalue weighted by atomic mass is 32.1. The SMILES string of the molecule is O=C(COC(=O)c1cc(-c2ccccc2)c(N2CCOCC2)s1)NCc1ccco1. The number of rotatable bonds is 7. The molecule has 1 N–H and O–H groups in total. The van der Waals surface area contributed by atoms with E-state index >= 15 is 0 Å². The molecule has 2 aromatic heterocycles. The van der Waals surface area contributed by atoms with Crippen LogP contribution in [0.1, 0.15) is 15.4 Å². The van der Waals surface area contributed by atoms with Crippen LogP contribution in [0, 0.1) is 0 Å². The van der Waals surface area contributed by atoms with Gasteiger partial charge in [0.2, 0.25) is 0 Å². The Labute approximate surface area is 178 Å². The van der Waals surface area contributed by atoms with Crippen molar-refractivity contribution in [1.29, 1.82) is 0 Å². The van der Waals surface area contributed by atoms with Crippen molar-refractivity contribution in [2.45, 2.75) is 6.54 Å². The number of benzene rings is 1. The Morgan fingerprint density at radius 2 is 1.90 bits per heavy atom. The predicted molar refractivity (Wildman–Crippen MR) is 114 cm³/mol. The number of thiophene rings is 1. The fourth-order valence-electron chi connectivity index (χ4n) is 3.16. The van der Waals surface area contributed by atoms with E-state index in [2.05, 4.69) is 10.2 Å². The van der Waals surface area contributed by atoms with Crippen LogP contribution in [0.4, 0.5) is 5.00 Å². The summed E-state index contributed by atoms with van der Waals surface area (Å²) in [5.74, 6) is -0.256. The lowest BCUT2D eigenvalue weighted by Crippen LogP contribution is -2.35. The average Bonchev–Trinajstić information content (AvgIpc) is 3.47. The third-order valence-electron chi connectivity index (χ3n) is 4.67. The molecule has 1 aliphatic rings. The van der Waals surface area contributed by atoms with E-state index in [0.717, 1.165) is 29.2 Å². The molecule has 4 rings (SSSR count). The van der Waals surface area contributed by atoms with Crippen LogP contribution < -0.4 is 10.2 Å². The molecular weight excluding hydrogens is 404 g/mol. The van der Waals surface area contributed by atoms with Gasteiger partial charge in [-0.25, -0.2) is 4.79 Å². The summed E-state index contributed by atoms with van der Waals surface area (Å²) in [6.45, 7) is 2.75. The maximum atomic E-state index is 12.6. The maximum absolute atomic E-state index is 12.6. The summed E-state index contributed by atoms with van der Waals surface area (Å²) < 4.78 is 15.9. The lowest BCUT2D eigenvalue weighted by atomic mass is 10.1. The van der Waals surface area contributed by atoms with Crippen molar-refractivity contribution >= 4 is 28.2 Å². The third-order valence-corrected chi connectivity index (χ3v) is 5.85. The van der Waals surface area contributed by atoms with Gasteiger partial charge in [-0.15, -0.1) is 11.3 Å². The summed E-state index contributed by atoms with van der Waals surface area (Å²) in [6.07, 6.45) is 1.54. The standard InChI is InChI=1S/C22H22N2O5S/c25-20(23-14-17-7-4-10-28-17)15-29-22(26)19-13-18(16-5-2-1-3-6-16)21(30-19)24-8-11-27-12-9-24/h1-7,10,13H,8-9,11-12,14-15H2,(H,23,25). The minimum Gasteiger partial charge on any atom is -0.467 e. The van der Waals surface area contributed by atoms with Crippen molar-refractivity contribution in [3.05, 3.63) is 65.4 Å². The van der Waals surface area contributed by atoms with Crippen molar-refractivity contribution in [2.24, 2.45) is 0 Å². The van der Waals surface area contributed by atoms with Crippen molar-refractivity contribution in [1.82, 2.24) is 5.32 Å². The molecule has 0 aliphatic carbocycles. The number of hydrogen-bond donors (Lipinski definition) is 1. The van der Waals surface area contributed by atoms with E-state index in [1.165, 1.54) is 17.6 Å². The number of furan rings is 1. The van der Waals surface area contributed by atoms with Crippen LogP contribution in [0.3, 0.4) is 0 Å². The molecule has 0 radical (unpaired) electrons. The van der Waals surface area contributed by atoms with Crippen molar-refractivity contribution in [3.8, 4) is 11.1 Å². The molecule has 1 fully saturated rings. The first kappa shape index (κ1) is 20.2. The zero-order valence-corrected chi connectivity index (χ0v) is 17.2. The number of ether oxygens (including phenoxy) is 2. The number of carbonyl (C=O) groups excluding carboxylic acids is 2. The third kappa shape index (κ3) is 4.90. The molecule has 0 unspecified atom stereocenters. The molecule has 30 heavy (non-hydrogen) atoms. The van der Waals surface area contributed by atoms with Gasteiger partial charge < -0.3 is 24.1 Å². The van der Waals surface area contributed by atoms with Crippen LogP contribution >= 0.6 is 11.3 Å². The van der Waals surface area contributed by atoms with Gasteiger partial charge in [-0.05, 0) is 23.8 Å². The van der Waals surface area contributed by atoms with E-state index in [1.807, 2.05) is 36.4 Å². The number of amides is 1. The molecule has 0 spiro atoms. The summed E-state index contributed by atoms with van der Waals surface area (Å²) in [6, 6.07) is 15.3. The molecule has 0 atom stereocenters. The van der Waals surface area contributed by atoms with Crippen LogP contribution in [-0.4, -0.2) is 44.8 Å². The van der Waals surface area contributed by atoms with Crippen LogP contribution in [0.2, 0.25) is 0 Å². The average molecular weight is 426 g/mol. The number of carbonyl (C=O) groups is 2. The second kappa shape index (κ2) is 9.60. The normalized spacial score (nSPS) is 13.8. The summed E-state index contributed by atoms with van der Waals surface area (Å²) in [4.78, 5) is 27.3. The second-order valence-electron chi connectivity index (χ2n) is 6.73. The van der Waals surface area contributed by atoms with Crippen LogP contribution in [-0.2, 0) is 20.8 Å². The summed E-state index contributed by atoms with van der Waals surface area (Å²) in [5.41, 5.74) is 2.02. The Morgan fingerprint density at radius 3 is 2.63 bits per heavy atom. The fourth-order valence-corrected chi connectivity index (χ4v) is 4.29. The zero-order chi connectivity index (χ0) is 20.8. The lowest BCUT2D eigenvalue weighted by molar-refractivity contribution is -0.124. The molecule has 156 valence electrons. The van der Waals surface area contributed by atoms with E-state index in [-0.39, 0.29) is 19.1 Å². The van der Waals surface area contributed by atoms with Crippen molar-refractivity contribution in [3.63, 3.8) is 0 Å². The molecule has 3 aromatic rings. The Kier molecular flexibility index (Phi) is 6.46. The number of esters is 1. The van der Waals surface area contributed by atoms with Gasteiger partial charge in [-0.3, -0.25) is 4.79 Å². The summed E-state index contributed by atoms with van der Waals surface area (Å²) >= 11 is 1.38. The molecule has 7 nitrogen and oxygen atoms in total. The van der Waals surface area contributed by atoms with Crippen molar-refractivity contribution < 1.29 is 23.5 Å². The summed E-state index contributed by atoms with van der Waals surface area (Å²) in [5, 5.41) is 3.67. The quantitative estimate of drug-likeness (QED) is 0.584. The van der Waals surface area contributed by atoms with E-state index in [1.54, 1.807) is 12.1 Å². The molecule has 1 aromatic carbocycles. The highest BCUT2D eigenvalue weighted by Gasteiger charge is 2.23. The topological polar surface area (TPSA) is 81.0 Å². The summed E-state index contributed by atoms with van der Waals surface area (Å²) in [7, 11) is 0. The Hall–Kier alpha value is -3.10. The smallest absolute Gasteiger partial charge is 0.348 e. The first-order chi connectivity index (χ1) is 14.7. The van der Waals surface area contributed by atoms with Crippen molar-refractivity contribution in [2.75, 3.05) is 37.8 Å². The van der Waals surface area contributed by atoms with Crippen LogP contribution in [0.25, 0.3) is 11.1 Å². The molecule has 8 heteroatoms. The van der Waals surface area contributed by atoms with Gasteiger partial charge in [0, 0.05) is 18.7 Å². The largest absolute Gasteiger partial charge is 0.467 e. The van der Waals surface area contributed by atoms with Gasteiger partial charge in [0.05, 0.1) is 31.0 Å². The number of morpholine rings is 1. The maximum Gasteiger partial charge on any atom is 0.348 e. The minimum atomic E-state index is -0.509. The van der Waals surface area contributed by atoms with E-state index < -0.39 is 5.97 Å². The second-order valence-corrected chi connectivity index (χ2v) is 7.76. The van der Waals surface area contributed by atoms with E-state index in [9.17, 15) is 9.59 Å². The Bertz CT molecular complexity index is 978. The fraction of sp³-hybridized carbons (Fsp3) is 0.273. The number of nitrogens with zero attached hydrogens (tertiary/aromatic N) is 1. The first-order valence-electron chi connectivity index (χ1n) is 9.69. The predicted octanol–water partition coefficient (Wildman–Crippen LogP) is 3.32. The van der Waals surface area contributed by atoms with E-state index in [4.69, 9.17) is 13.9 Å². The molecule has 0 bridgehead atoms. The first-order valence-corrected chi connectivity index (χ1v) is 10.5.